The van der Waals surface area contributed by atoms with Crippen LogP contribution in [0, 0.1) is 17.7 Å². The summed E-state index contributed by atoms with van der Waals surface area (Å²) in [4.78, 5) is 13.6. The highest BCUT2D eigenvalue weighted by atomic mass is 16.5. The van der Waals surface area contributed by atoms with Crippen LogP contribution in [0.3, 0.4) is 0 Å². The lowest BCUT2D eigenvalue weighted by Crippen LogP contribution is -2.45. The van der Waals surface area contributed by atoms with Gasteiger partial charge >= 0.3 is 5.97 Å². The van der Waals surface area contributed by atoms with Crippen LogP contribution in [0.25, 0.3) is 0 Å². The average molecular weight is 369 g/mol. The maximum atomic E-state index is 13.3. The summed E-state index contributed by atoms with van der Waals surface area (Å²) in [6.07, 6.45) is 0.0804. The molecule has 0 radical (unpaired) electrons. The Morgan fingerprint density at radius 3 is 2.96 bits per heavy atom. The van der Waals surface area contributed by atoms with Gasteiger partial charge in [0.05, 0.1) is 12.0 Å². The first-order valence-electron chi connectivity index (χ1n) is 14.1. The SMILES string of the molecule is [2H]C1CCCCC1([2H])C(O)(C(=O)OC([2H])([2H])C#CC([2H])([2H])N(CC)C([2H])([2H])C([2H])([2H])[2H])c1ccccc1. The highest BCUT2D eigenvalue weighted by Gasteiger charge is 2.46. The highest BCUT2D eigenvalue weighted by Crippen LogP contribution is 2.40. The molecule has 1 aromatic rings. The Bertz CT molecular complexity index is 1020. The van der Waals surface area contributed by atoms with Crippen molar-refractivity contribution in [3.05, 3.63) is 35.9 Å². The van der Waals surface area contributed by atoms with E-state index in [1.54, 1.807) is 12.0 Å². The number of esters is 1. The number of rotatable bonds is 7. The number of nitrogens with zero attached hydrogens (tertiary/aromatic N) is 1. The van der Waals surface area contributed by atoms with Crippen molar-refractivity contribution < 1.29 is 29.7 Å². The van der Waals surface area contributed by atoms with Gasteiger partial charge < -0.3 is 9.84 Å². The van der Waals surface area contributed by atoms with Crippen LogP contribution in [0.5, 0.6) is 0 Å². The third-order valence-corrected chi connectivity index (χ3v) is 4.14. The second kappa shape index (κ2) is 10.4. The van der Waals surface area contributed by atoms with Crippen molar-refractivity contribution in [1.29, 1.82) is 0 Å². The molecule has 1 N–H and O–H groups in total. The van der Waals surface area contributed by atoms with Gasteiger partial charge in [-0.3, -0.25) is 4.90 Å². The maximum absolute atomic E-state index is 13.3. The zero-order chi connectivity index (χ0) is 28.5. The number of hydrogen-bond donors (Lipinski definition) is 1. The van der Waals surface area contributed by atoms with E-state index in [1.807, 2.05) is 5.92 Å². The largest absolute Gasteiger partial charge is 0.450 e. The fourth-order valence-corrected chi connectivity index (χ4v) is 2.73. The van der Waals surface area contributed by atoms with E-state index < -0.39 is 56.8 Å². The molecule has 1 fully saturated rings. The van der Waals surface area contributed by atoms with E-state index in [4.69, 9.17) is 19.8 Å². The van der Waals surface area contributed by atoms with Crippen LogP contribution < -0.4 is 0 Å². The van der Waals surface area contributed by atoms with Gasteiger partial charge in [0.1, 0.15) is 0 Å². The first-order valence-corrected chi connectivity index (χ1v) is 8.52. The number of carbonyl (C=O) groups excluding carboxylic acids is 1. The molecule has 2 rings (SSSR count). The van der Waals surface area contributed by atoms with E-state index >= 15 is 0 Å². The summed E-state index contributed by atoms with van der Waals surface area (Å²) < 4.78 is 92.2. The summed E-state index contributed by atoms with van der Waals surface area (Å²) in [5.74, 6) is -0.0609. The molecule has 1 saturated carbocycles. The summed E-state index contributed by atoms with van der Waals surface area (Å²) >= 11 is 0. The summed E-state index contributed by atoms with van der Waals surface area (Å²) in [6.45, 7) is -11.7. The lowest BCUT2D eigenvalue weighted by Gasteiger charge is -2.36. The van der Waals surface area contributed by atoms with Crippen LogP contribution in [-0.2, 0) is 15.1 Å². The molecule has 0 aromatic heterocycles. The molecule has 0 aliphatic heterocycles. The third-order valence-electron chi connectivity index (χ3n) is 4.14. The minimum absolute atomic E-state index is 0.0332. The highest BCUT2D eigenvalue weighted by molar-refractivity contribution is 5.81. The number of ether oxygens (including phenoxy) is 1. The molecule has 4 heteroatoms. The molecular weight excluding hydrogens is 326 g/mol. The van der Waals surface area contributed by atoms with Crippen molar-refractivity contribution in [1.82, 2.24) is 4.90 Å². The van der Waals surface area contributed by atoms with Crippen LogP contribution in [0.1, 0.15) is 66.5 Å². The maximum Gasteiger partial charge on any atom is 0.344 e. The van der Waals surface area contributed by atoms with Crippen molar-refractivity contribution in [3.63, 3.8) is 0 Å². The Balaban J connectivity index is 2.46. The van der Waals surface area contributed by atoms with Crippen molar-refractivity contribution in [2.45, 2.75) is 51.5 Å². The first kappa shape index (κ1) is 9.92. The van der Waals surface area contributed by atoms with Crippen LogP contribution in [0.4, 0.5) is 0 Å². The van der Waals surface area contributed by atoms with Crippen LogP contribution in [0.15, 0.2) is 30.3 Å². The van der Waals surface area contributed by atoms with E-state index in [0.717, 1.165) is 0 Å². The number of hydrogen-bond acceptors (Lipinski definition) is 4. The molecule has 1 aliphatic rings. The first-order chi connectivity index (χ1) is 16.8. The second-order valence-corrected chi connectivity index (χ2v) is 5.76. The molecule has 3 unspecified atom stereocenters. The molecule has 0 spiro atoms. The molecule has 1 aliphatic carbocycles. The van der Waals surface area contributed by atoms with Gasteiger partial charge in [-0.05, 0) is 31.4 Å². The lowest BCUT2D eigenvalue weighted by molar-refractivity contribution is -0.174. The van der Waals surface area contributed by atoms with Gasteiger partial charge in [0.15, 0.2) is 12.2 Å². The summed E-state index contributed by atoms with van der Waals surface area (Å²) in [6, 6.07) is 7.32. The zero-order valence-electron chi connectivity index (χ0n) is 25.7. The number of benzene rings is 1. The van der Waals surface area contributed by atoms with Crippen LogP contribution in [-0.4, -0.2) is 42.1 Å². The van der Waals surface area contributed by atoms with Crippen LogP contribution >= 0.6 is 0 Å². The molecule has 0 heterocycles. The number of aliphatic hydroxyl groups is 1. The van der Waals surface area contributed by atoms with E-state index in [0.29, 0.717) is 17.7 Å². The van der Waals surface area contributed by atoms with Gasteiger partial charge in [0.25, 0.3) is 0 Å². The molecule has 26 heavy (non-hydrogen) atoms. The topological polar surface area (TPSA) is 49.8 Å². The molecule has 142 valence electrons. The van der Waals surface area contributed by atoms with Crippen molar-refractivity contribution in [2.75, 3.05) is 26.1 Å². The van der Waals surface area contributed by atoms with Gasteiger partial charge in [-0.15, -0.1) is 0 Å². The molecule has 1 aromatic carbocycles. The molecule has 3 atom stereocenters. The Morgan fingerprint density at radius 1 is 1.46 bits per heavy atom. The zero-order valence-corrected chi connectivity index (χ0v) is 14.7. The Labute approximate surface area is 173 Å². The van der Waals surface area contributed by atoms with Gasteiger partial charge in [-0.1, -0.05) is 75.2 Å². The fraction of sp³-hybridized carbons (Fsp3) is 0.591. The Morgan fingerprint density at radius 2 is 2.27 bits per heavy atom. The van der Waals surface area contributed by atoms with Gasteiger partial charge in [-0.2, -0.15) is 0 Å². The average Bonchev–Trinajstić information content (AvgIpc) is 2.79. The van der Waals surface area contributed by atoms with Gasteiger partial charge in [0.2, 0.25) is 0 Å². The van der Waals surface area contributed by atoms with Gasteiger partial charge in [-0.25, -0.2) is 4.79 Å². The van der Waals surface area contributed by atoms with Crippen molar-refractivity contribution >= 4 is 5.97 Å². The quantitative estimate of drug-likeness (QED) is 0.592. The summed E-state index contributed by atoms with van der Waals surface area (Å²) in [5, 5.41) is 11.6. The predicted molar refractivity (Wildman–Crippen MR) is 103 cm³/mol. The third kappa shape index (κ3) is 5.09. The number of carbonyl (C=O) groups is 1. The Hall–Kier alpha value is -1.83. The predicted octanol–water partition coefficient (Wildman–Crippen LogP) is 3.34. The lowest BCUT2D eigenvalue weighted by atomic mass is 9.73. The Kier molecular flexibility index (Phi) is 3.95. The molecular formula is C22H31NO3. The van der Waals surface area contributed by atoms with E-state index in [9.17, 15) is 9.90 Å². The standard InChI is InChI=1S/C22H31NO3/c1-3-23(4-2)17-11-12-18-26-21(24)22(25,19-13-7-5-8-14-19)20-15-9-6-10-16-20/h5,7-8,13-14,20,25H,3-4,6,9-10,15-18H2,1-2H3/i1D3,3D2,15D,17D2,18D2,20D. The molecule has 0 bridgehead atoms. The van der Waals surface area contributed by atoms with Crippen molar-refractivity contribution in [3.8, 4) is 11.8 Å². The van der Waals surface area contributed by atoms with E-state index in [1.165, 1.54) is 31.2 Å². The molecule has 0 saturated heterocycles. The second-order valence-electron chi connectivity index (χ2n) is 5.76. The summed E-state index contributed by atoms with van der Waals surface area (Å²) in [7, 11) is 0. The van der Waals surface area contributed by atoms with Crippen LogP contribution in [0.2, 0.25) is 0 Å². The van der Waals surface area contributed by atoms with Crippen molar-refractivity contribution in [2.24, 2.45) is 5.89 Å². The van der Waals surface area contributed by atoms with Gasteiger partial charge in [0, 0.05) is 15.5 Å². The van der Waals surface area contributed by atoms with E-state index in [-0.39, 0.29) is 18.4 Å². The normalized spacial score (nSPS) is 33.3. The molecule has 0 amide bonds. The molecule has 4 nitrogen and oxygen atoms in total. The van der Waals surface area contributed by atoms with E-state index in [2.05, 4.69) is 0 Å². The minimum Gasteiger partial charge on any atom is -0.450 e. The smallest absolute Gasteiger partial charge is 0.344 e. The monoisotopic (exact) mass is 368 g/mol. The fourth-order valence-electron chi connectivity index (χ4n) is 2.73. The minimum atomic E-state index is -3.25. The summed E-state index contributed by atoms with van der Waals surface area (Å²) in [5.41, 5.74) is -2.82.